The maximum absolute atomic E-state index is 6.26. The number of halogens is 1. The van der Waals surface area contributed by atoms with Gasteiger partial charge in [-0.3, -0.25) is 4.90 Å². The molecule has 0 aromatic heterocycles. The van der Waals surface area contributed by atoms with Gasteiger partial charge in [0.2, 0.25) is 0 Å². The molecule has 1 fully saturated rings. The van der Waals surface area contributed by atoms with Gasteiger partial charge in [0, 0.05) is 38.8 Å². The Morgan fingerprint density at radius 3 is 2.65 bits per heavy atom. The molecule has 0 aliphatic carbocycles. The summed E-state index contributed by atoms with van der Waals surface area (Å²) in [5, 5.41) is 4.11. The van der Waals surface area contributed by atoms with E-state index in [-0.39, 0.29) is 0 Å². The van der Waals surface area contributed by atoms with Crippen molar-refractivity contribution in [3.63, 3.8) is 0 Å². The van der Waals surface area contributed by atoms with Gasteiger partial charge in [0.1, 0.15) is 0 Å². The topological polar surface area (TPSA) is 18.5 Å². The molecule has 4 heteroatoms. The van der Waals surface area contributed by atoms with Crippen molar-refractivity contribution >= 4 is 17.3 Å². The lowest BCUT2D eigenvalue weighted by Crippen LogP contribution is -2.52. The van der Waals surface area contributed by atoms with Crippen molar-refractivity contribution in [3.8, 4) is 12.3 Å². The van der Waals surface area contributed by atoms with Crippen molar-refractivity contribution < 1.29 is 0 Å². The van der Waals surface area contributed by atoms with Gasteiger partial charge in [-0.1, -0.05) is 29.7 Å². The summed E-state index contributed by atoms with van der Waals surface area (Å²) >= 11 is 6.26. The standard InChI is InChI=1S/C16H22ClN3/c1-3-8-18-13-14(2)19-9-11-20(12-10-19)16-7-5-4-6-15(16)17/h1,4-7,14,18H,8-13H2,2H3. The molecule has 1 aliphatic heterocycles. The van der Waals surface area contributed by atoms with Crippen molar-refractivity contribution in [1.29, 1.82) is 0 Å². The first-order chi connectivity index (χ1) is 9.72. The van der Waals surface area contributed by atoms with Crippen LogP contribution in [0.3, 0.4) is 0 Å². The van der Waals surface area contributed by atoms with Gasteiger partial charge in [0.25, 0.3) is 0 Å². The number of nitrogens with one attached hydrogen (secondary N) is 1. The summed E-state index contributed by atoms with van der Waals surface area (Å²) in [7, 11) is 0. The zero-order chi connectivity index (χ0) is 14.4. The van der Waals surface area contributed by atoms with Crippen LogP contribution in [-0.2, 0) is 0 Å². The lowest BCUT2D eigenvalue weighted by Gasteiger charge is -2.39. The van der Waals surface area contributed by atoms with Crippen LogP contribution in [0.5, 0.6) is 0 Å². The normalized spacial score (nSPS) is 17.8. The first-order valence-electron chi connectivity index (χ1n) is 7.10. The molecule has 3 nitrogen and oxygen atoms in total. The molecule has 0 amide bonds. The highest BCUT2D eigenvalue weighted by Gasteiger charge is 2.21. The van der Waals surface area contributed by atoms with Crippen LogP contribution < -0.4 is 10.2 Å². The molecule has 0 bridgehead atoms. The second kappa shape index (κ2) is 7.54. The molecule has 1 aliphatic rings. The molecule has 1 aromatic carbocycles. The van der Waals surface area contributed by atoms with Gasteiger partial charge in [-0.15, -0.1) is 6.42 Å². The minimum atomic E-state index is 0.511. The van der Waals surface area contributed by atoms with Gasteiger partial charge in [-0.25, -0.2) is 0 Å². The van der Waals surface area contributed by atoms with E-state index in [1.807, 2.05) is 18.2 Å². The highest BCUT2D eigenvalue weighted by Crippen LogP contribution is 2.26. The van der Waals surface area contributed by atoms with E-state index in [1.54, 1.807) is 0 Å². The van der Waals surface area contributed by atoms with E-state index in [4.69, 9.17) is 18.0 Å². The summed E-state index contributed by atoms with van der Waals surface area (Å²) in [6, 6.07) is 8.57. The molecule has 1 saturated heterocycles. The van der Waals surface area contributed by atoms with Gasteiger partial charge in [-0.05, 0) is 19.1 Å². The van der Waals surface area contributed by atoms with Crippen molar-refractivity contribution in [3.05, 3.63) is 29.3 Å². The van der Waals surface area contributed by atoms with E-state index in [9.17, 15) is 0 Å². The second-order valence-corrected chi connectivity index (χ2v) is 5.57. The molecular formula is C16H22ClN3. The molecule has 0 spiro atoms. The Morgan fingerprint density at radius 2 is 2.00 bits per heavy atom. The van der Waals surface area contributed by atoms with Crippen molar-refractivity contribution in [2.45, 2.75) is 13.0 Å². The average Bonchev–Trinajstić information content (AvgIpc) is 2.48. The fourth-order valence-electron chi connectivity index (χ4n) is 2.59. The number of rotatable bonds is 5. The van der Waals surface area contributed by atoms with Gasteiger partial charge in [-0.2, -0.15) is 0 Å². The summed E-state index contributed by atoms with van der Waals surface area (Å²) in [5.74, 6) is 2.61. The van der Waals surface area contributed by atoms with E-state index in [0.717, 1.165) is 43.4 Å². The number of para-hydroxylation sites is 1. The van der Waals surface area contributed by atoms with Gasteiger partial charge in [0.15, 0.2) is 0 Å². The number of anilines is 1. The summed E-state index contributed by atoms with van der Waals surface area (Å²) < 4.78 is 0. The van der Waals surface area contributed by atoms with Crippen molar-refractivity contribution in [2.75, 3.05) is 44.2 Å². The Balaban J connectivity index is 1.83. The zero-order valence-corrected chi connectivity index (χ0v) is 12.7. The van der Waals surface area contributed by atoms with Crippen LogP contribution in [-0.4, -0.2) is 50.2 Å². The first-order valence-corrected chi connectivity index (χ1v) is 7.48. The third-order valence-electron chi connectivity index (χ3n) is 3.80. The number of terminal acetylenes is 1. The van der Waals surface area contributed by atoms with Gasteiger partial charge >= 0.3 is 0 Å². The molecular weight excluding hydrogens is 270 g/mol. The van der Waals surface area contributed by atoms with Crippen LogP contribution in [0, 0.1) is 12.3 Å². The number of hydrogen-bond acceptors (Lipinski definition) is 3. The highest BCUT2D eigenvalue weighted by atomic mass is 35.5. The van der Waals surface area contributed by atoms with E-state index in [0.29, 0.717) is 12.6 Å². The van der Waals surface area contributed by atoms with E-state index < -0.39 is 0 Å². The molecule has 20 heavy (non-hydrogen) atoms. The Kier molecular flexibility index (Phi) is 5.72. The molecule has 2 rings (SSSR count). The second-order valence-electron chi connectivity index (χ2n) is 5.16. The van der Waals surface area contributed by atoms with Gasteiger partial charge < -0.3 is 10.2 Å². The zero-order valence-electron chi connectivity index (χ0n) is 12.0. The molecule has 1 aromatic rings. The summed E-state index contributed by atoms with van der Waals surface area (Å²) in [5.41, 5.74) is 1.15. The Hall–Kier alpha value is -1.21. The van der Waals surface area contributed by atoms with Crippen LogP contribution in [0.25, 0.3) is 0 Å². The lowest BCUT2D eigenvalue weighted by molar-refractivity contribution is 0.194. The van der Waals surface area contributed by atoms with Crippen LogP contribution in [0.4, 0.5) is 5.69 Å². The SMILES string of the molecule is C#CCNCC(C)N1CCN(c2ccccc2Cl)CC1. The quantitative estimate of drug-likeness (QED) is 0.662. The largest absolute Gasteiger partial charge is 0.368 e. The monoisotopic (exact) mass is 291 g/mol. The van der Waals surface area contributed by atoms with Crippen LogP contribution in [0.1, 0.15) is 6.92 Å². The summed E-state index contributed by atoms with van der Waals surface area (Å²) in [6.45, 7) is 7.98. The first kappa shape index (κ1) is 15.2. The molecule has 1 unspecified atom stereocenters. The van der Waals surface area contributed by atoms with Crippen LogP contribution >= 0.6 is 11.6 Å². The Bertz CT molecular complexity index is 461. The fraction of sp³-hybridized carbons (Fsp3) is 0.500. The lowest BCUT2D eigenvalue weighted by atomic mass is 10.2. The molecule has 108 valence electrons. The van der Waals surface area contributed by atoms with E-state index >= 15 is 0 Å². The van der Waals surface area contributed by atoms with E-state index in [2.05, 4.69) is 34.0 Å². The third-order valence-corrected chi connectivity index (χ3v) is 4.12. The minimum absolute atomic E-state index is 0.511. The number of hydrogen-bond donors (Lipinski definition) is 1. The minimum Gasteiger partial charge on any atom is -0.368 e. The number of nitrogens with zero attached hydrogens (tertiary/aromatic N) is 2. The molecule has 1 heterocycles. The third kappa shape index (κ3) is 3.89. The predicted octanol–water partition coefficient (Wildman–Crippen LogP) is 2.07. The fourth-order valence-corrected chi connectivity index (χ4v) is 2.85. The smallest absolute Gasteiger partial charge is 0.0639 e. The molecule has 1 atom stereocenters. The van der Waals surface area contributed by atoms with E-state index in [1.165, 1.54) is 0 Å². The maximum atomic E-state index is 6.26. The molecule has 1 N–H and O–H groups in total. The van der Waals surface area contributed by atoms with Crippen molar-refractivity contribution in [1.82, 2.24) is 10.2 Å². The van der Waals surface area contributed by atoms with Crippen LogP contribution in [0.2, 0.25) is 5.02 Å². The predicted molar refractivity (Wildman–Crippen MR) is 86.4 cm³/mol. The number of piperazine rings is 1. The summed E-state index contributed by atoms with van der Waals surface area (Å²) in [6.07, 6.45) is 5.24. The maximum Gasteiger partial charge on any atom is 0.0639 e. The van der Waals surface area contributed by atoms with Gasteiger partial charge in [0.05, 0.1) is 17.3 Å². The molecule has 0 radical (unpaired) electrons. The van der Waals surface area contributed by atoms with Crippen molar-refractivity contribution in [2.24, 2.45) is 0 Å². The Labute approximate surface area is 126 Å². The highest BCUT2D eigenvalue weighted by molar-refractivity contribution is 6.33. The number of benzene rings is 1. The molecule has 0 saturated carbocycles. The van der Waals surface area contributed by atoms with Crippen LogP contribution in [0.15, 0.2) is 24.3 Å². The Morgan fingerprint density at radius 1 is 1.30 bits per heavy atom. The average molecular weight is 292 g/mol. The summed E-state index contributed by atoms with van der Waals surface area (Å²) in [4.78, 5) is 4.86.